The number of primary amides is 1. The molecule has 1 fully saturated rings. The number of urea groups is 1. The average Bonchev–Trinajstić information content (AvgIpc) is 2.28. The van der Waals surface area contributed by atoms with Gasteiger partial charge in [-0.3, -0.25) is 4.90 Å². The number of carbonyl (C=O) groups is 1. The molecule has 0 aromatic heterocycles. The van der Waals surface area contributed by atoms with Crippen LogP contribution in [0.4, 0.5) is 4.79 Å². The third kappa shape index (κ3) is 3.67. The second-order valence-corrected chi connectivity index (χ2v) is 4.61. The highest BCUT2D eigenvalue weighted by atomic mass is 16.2. The van der Waals surface area contributed by atoms with E-state index in [1.165, 1.54) is 19.3 Å². The van der Waals surface area contributed by atoms with Gasteiger partial charge >= 0.3 is 6.03 Å². The van der Waals surface area contributed by atoms with E-state index in [4.69, 9.17) is 5.73 Å². The molecule has 4 nitrogen and oxygen atoms in total. The van der Waals surface area contributed by atoms with Gasteiger partial charge in [-0.1, -0.05) is 26.7 Å². The fourth-order valence-corrected chi connectivity index (χ4v) is 2.63. The summed E-state index contributed by atoms with van der Waals surface area (Å²) in [6.07, 6.45) is 7.13. The largest absolute Gasteiger partial charge is 0.352 e. The minimum absolute atomic E-state index is 0.132. The van der Waals surface area contributed by atoms with Crippen LogP contribution in [0.2, 0.25) is 0 Å². The van der Waals surface area contributed by atoms with Crippen LogP contribution in [0.15, 0.2) is 0 Å². The zero-order valence-electron chi connectivity index (χ0n) is 10.5. The van der Waals surface area contributed by atoms with Gasteiger partial charge in [-0.05, 0) is 25.7 Å². The number of nitrogens with two attached hydrogens (primary N) is 1. The number of amides is 2. The Hall–Kier alpha value is -0.770. The number of rotatable bonds is 5. The number of piperidine rings is 1. The summed E-state index contributed by atoms with van der Waals surface area (Å²) in [7, 11) is 0. The minimum atomic E-state index is -0.404. The molecule has 0 spiro atoms. The summed E-state index contributed by atoms with van der Waals surface area (Å²) in [4.78, 5) is 13.4. The van der Waals surface area contributed by atoms with Crippen LogP contribution in [0.1, 0.15) is 52.4 Å². The summed E-state index contributed by atoms with van der Waals surface area (Å²) in [6.45, 7) is 5.44. The Morgan fingerprint density at radius 3 is 2.81 bits per heavy atom. The van der Waals surface area contributed by atoms with E-state index >= 15 is 0 Å². The van der Waals surface area contributed by atoms with Crippen LogP contribution in [-0.4, -0.2) is 29.7 Å². The number of hydrogen-bond acceptors (Lipinski definition) is 2. The molecule has 3 N–H and O–H groups in total. The van der Waals surface area contributed by atoms with Crippen LogP contribution >= 0.6 is 0 Å². The molecule has 2 unspecified atom stereocenters. The number of likely N-dealkylation sites (tertiary alicyclic amines) is 1. The Morgan fingerprint density at radius 1 is 1.50 bits per heavy atom. The third-order valence-electron chi connectivity index (χ3n) is 3.42. The van der Waals surface area contributed by atoms with Gasteiger partial charge in [0.05, 0.1) is 6.17 Å². The van der Waals surface area contributed by atoms with E-state index in [0.717, 1.165) is 25.8 Å². The smallest absolute Gasteiger partial charge is 0.313 e. The molecule has 0 saturated carbocycles. The SMILES string of the molecule is CCCC(NC(N)=O)N1CCCCC1CC. The van der Waals surface area contributed by atoms with Crippen LogP contribution in [-0.2, 0) is 0 Å². The number of carbonyl (C=O) groups excluding carboxylic acids is 1. The first-order valence-corrected chi connectivity index (χ1v) is 6.50. The molecule has 4 heteroatoms. The lowest BCUT2D eigenvalue weighted by atomic mass is 9.98. The van der Waals surface area contributed by atoms with Crippen molar-refractivity contribution in [3.63, 3.8) is 0 Å². The molecule has 1 heterocycles. The second-order valence-electron chi connectivity index (χ2n) is 4.61. The van der Waals surface area contributed by atoms with E-state index in [1.807, 2.05) is 0 Å². The standard InChI is InChI=1S/C12H25N3O/c1-3-7-11(14-12(13)16)15-9-6-5-8-10(15)4-2/h10-11H,3-9H2,1-2H3,(H3,13,14,16). The van der Waals surface area contributed by atoms with E-state index in [-0.39, 0.29) is 6.17 Å². The van der Waals surface area contributed by atoms with Gasteiger partial charge in [0, 0.05) is 12.6 Å². The molecule has 1 aliphatic rings. The van der Waals surface area contributed by atoms with Crippen LogP contribution in [0.5, 0.6) is 0 Å². The van der Waals surface area contributed by atoms with Crippen LogP contribution in [0.25, 0.3) is 0 Å². The van der Waals surface area contributed by atoms with Crippen molar-refractivity contribution in [3.05, 3.63) is 0 Å². The molecule has 1 saturated heterocycles. The molecule has 0 aromatic carbocycles. The maximum absolute atomic E-state index is 11.0. The van der Waals surface area contributed by atoms with Gasteiger partial charge in [-0.15, -0.1) is 0 Å². The quantitative estimate of drug-likeness (QED) is 0.755. The van der Waals surface area contributed by atoms with E-state index in [9.17, 15) is 4.79 Å². The molecular weight excluding hydrogens is 202 g/mol. The highest BCUT2D eigenvalue weighted by Gasteiger charge is 2.27. The minimum Gasteiger partial charge on any atom is -0.352 e. The fraction of sp³-hybridized carbons (Fsp3) is 0.917. The Bertz CT molecular complexity index is 220. The Morgan fingerprint density at radius 2 is 2.25 bits per heavy atom. The van der Waals surface area contributed by atoms with E-state index in [0.29, 0.717) is 6.04 Å². The van der Waals surface area contributed by atoms with E-state index in [2.05, 4.69) is 24.1 Å². The van der Waals surface area contributed by atoms with Crippen molar-refractivity contribution in [3.8, 4) is 0 Å². The van der Waals surface area contributed by atoms with Crippen molar-refractivity contribution < 1.29 is 4.79 Å². The highest BCUT2D eigenvalue weighted by Crippen LogP contribution is 2.22. The topological polar surface area (TPSA) is 58.4 Å². The van der Waals surface area contributed by atoms with Gasteiger partial charge in [0.1, 0.15) is 0 Å². The molecule has 0 aromatic rings. The summed E-state index contributed by atoms with van der Waals surface area (Å²) in [5, 5.41) is 2.88. The van der Waals surface area contributed by atoms with Gasteiger partial charge in [0.2, 0.25) is 0 Å². The van der Waals surface area contributed by atoms with Crippen molar-refractivity contribution in [2.75, 3.05) is 6.54 Å². The van der Waals surface area contributed by atoms with Crippen molar-refractivity contribution >= 4 is 6.03 Å². The monoisotopic (exact) mass is 227 g/mol. The molecule has 1 rings (SSSR count). The van der Waals surface area contributed by atoms with Gasteiger partial charge in [-0.25, -0.2) is 4.79 Å². The normalized spacial score (nSPS) is 24.0. The predicted molar refractivity (Wildman–Crippen MR) is 66.1 cm³/mol. The Labute approximate surface area is 98.6 Å². The van der Waals surface area contributed by atoms with E-state index in [1.54, 1.807) is 0 Å². The zero-order chi connectivity index (χ0) is 12.0. The molecule has 0 aliphatic carbocycles. The summed E-state index contributed by atoms with van der Waals surface area (Å²) in [6, 6.07) is 0.205. The summed E-state index contributed by atoms with van der Waals surface area (Å²) in [5.41, 5.74) is 5.24. The average molecular weight is 227 g/mol. The Kier molecular flexibility index (Phi) is 5.60. The lowest BCUT2D eigenvalue weighted by Gasteiger charge is -2.41. The lowest BCUT2D eigenvalue weighted by molar-refractivity contribution is 0.0733. The number of nitrogens with zero attached hydrogens (tertiary/aromatic N) is 1. The fourth-order valence-electron chi connectivity index (χ4n) is 2.63. The van der Waals surface area contributed by atoms with Gasteiger partial charge < -0.3 is 11.1 Å². The molecule has 0 radical (unpaired) electrons. The van der Waals surface area contributed by atoms with Crippen LogP contribution in [0, 0.1) is 0 Å². The van der Waals surface area contributed by atoms with Crippen molar-refractivity contribution in [2.24, 2.45) is 5.73 Å². The lowest BCUT2D eigenvalue weighted by Crippen LogP contribution is -2.55. The molecule has 94 valence electrons. The Balaban J connectivity index is 2.61. The van der Waals surface area contributed by atoms with Crippen molar-refractivity contribution in [1.82, 2.24) is 10.2 Å². The molecule has 2 atom stereocenters. The van der Waals surface area contributed by atoms with Crippen molar-refractivity contribution in [2.45, 2.75) is 64.6 Å². The summed E-state index contributed by atoms with van der Waals surface area (Å²) < 4.78 is 0. The maximum Gasteiger partial charge on any atom is 0.313 e. The molecule has 16 heavy (non-hydrogen) atoms. The summed E-state index contributed by atoms with van der Waals surface area (Å²) in [5.74, 6) is 0. The zero-order valence-corrected chi connectivity index (χ0v) is 10.5. The number of hydrogen-bond donors (Lipinski definition) is 2. The van der Waals surface area contributed by atoms with Crippen molar-refractivity contribution in [1.29, 1.82) is 0 Å². The highest BCUT2D eigenvalue weighted by molar-refractivity contribution is 5.71. The molecule has 1 aliphatic heterocycles. The van der Waals surface area contributed by atoms with E-state index < -0.39 is 6.03 Å². The number of nitrogens with one attached hydrogen (secondary N) is 1. The van der Waals surface area contributed by atoms with Crippen LogP contribution < -0.4 is 11.1 Å². The molecular formula is C12H25N3O. The first-order valence-electron chi connectivity index (χ1n) is 6.50. The summed E-state index contributed by atoms with van der Waals surface area (Å²) >= 11 is 0. The van der Waals surface area contributed by atoms with Crippen LogP contribution in [0.3, 0.4) is 0 Å². The van der Waals surface area contributed by atoms with Gasteiger partial charge in [0.25, 0.3) is 0 Å². The molecule has 2 amide bonds. The molecule has 0 bridgehead atoms. The van der Waals surface area contributed by atoms with Gasteiger partial charge in [-0.2, -0.15) is 0 Å². The predicted octanol–water partition coefficient (Wildman–Crippen LogP) is 2.05. The third-order valence-corrected chi connectivity index (χ3v) is 3.42. The first-order chi connectivity index (χ1) is 7.69. The first kappa shape index (κ1) is 13.3. The van der Waals surface area contributed by atoms with Gasteiger partial charge in [0.15, 0.2) is 0 Å². The maximum atomic E-state index is 11.0. The second kappa shape index (κ2) is 6.74.